The number of aryl methyl sites for hydroxylation is 2. The van der Waals surface area contributed by atoms with Crippen molar-refractivity contribution in [2.24, 2.45) is 5.73 Å². The average Bonchev–Trinajstić information content (AvgIpc) is 2.68. The maximum absolute atomic E-state index is 6.22. The van der Waals surface area contributed by atoms with E-state index < -0.39 is 0 Å². The number of hydrogen-bond donors (Lipinski definition) is 1. The van der Waals surface area contributed by atoms with Crippen molar-refractivity contribution in [1.29, 1.82) is 0 Å². The van der Waals surface area contributed by atoms with Crippen LogP contribution in [0.4, 0.5) is 0 Å². The molecule has 1 heteroatoms. The molecule has 0 aliphatic heterocycles. The average molecular weight is 201 g/mol. The van der Waals surface area contributed by atoms with E-state index in [1.807, 2.05) is 0 Å². The maximum atomic E-state index is 6.22. The van der Waals surface area contributed by atoms with E-state index in [0.717, 1.165) is 6.42 Å². The molecule has 1 aromatic carbocycles. The zero-order chi connectivity index (χ0) is 10.6. The molecule has 2 aliphatic carbocycles. The topological polar surface area (TPSA) is 26.0 Å². The molecule has 0 saturated heterocycles. The molecule has 2 N–H and O–H groups in total. The zero-order valence-corrected chi connectivity index (χ0v) is 9.64. The first-order valence-electron chi connectivity index (χ1n) is 6.00. The number of nitrogens with two attached hydrogens (primary N) is 1. The zero-order valence-electron chi connectivity index (χ0n) is 9.64. The van der Waals surface area contributed by atoms with E-state index in [1.165, 1.54) is 30.4 Å². The first kappa shape index (κ1) is 9.41. The predicted molar refractivity (Wildman–Crippen MR) is 63.0 cm³/mol. The van der Waals surface area contributed by atoms with Crippen LogP contribution in [0.25, 0.3) is 0 Å². The van der Waals surface area contributed by atoms with Crippen LogP contribution < -0.4 is 5.73 Å². The van der Waals surface area contributed by atoms with Gasteiger partial charge in [0, 0.05) is 6.04 Å². The lowest BCUT2D eigenvalue weighted by molar-refractivity contribution is 0.481. The van der Waals surface area contributed by atoms with E-state index in [2.05, 4.69) is 26.0 Å². The van der Waals surface area contributed by atoms with Crippen molar-refractivity contribution in [1.82, 2.24) is 0 Å². The van der Waals surface area contributed by atoms with Crippen LogP contribution in [0.3, 0.4) is 0 Å². The van der Waals surface area contributed by atoms with Crippen molar-refractivity contribution < 1.29 is 0 Å². The van der Waals surface area contributed by atoms with Crippen LogP contribution in [-0.2, 0) is 18.3 Å². The Kier molecular flexibility index (Phi) is 1.79. The Morgan fingerprint density at radius 3 is 2.60 bits per heavy atom. The van der Waals surface area contributed by atoms with Gasteiger partial charge in [-0.2, -0.15) is 0 Å². The minimum atomic E-state index is 0.265. The lowest BCUT2D eigenvalue weighted by Crippen LogP contribution is -2.14. The molecule has 3 rings (SSSR count). The van der Waals surface area contributed by atoms with Crippen LogP contribution in [-0.4, -0.2) is 0 Å². The van der Waals surface area contributed by atoms with Gasteiger partial charge >= 0.3 is 0 Å². The minimum absolute atomic E-state index is 0.265. The molecule has 0 saturated carbocycles. The summed E-state index contributed by atoms with van der Waals surface area (Å²) >= 11 is 0. The van der Waals surface area contributed by atoms with Gasteiger partial charge in [0.25, 0.3) is 0 Å². The van der Waals surface area contributed by atoms with Crippen LogP contribution in [0.5, 0.6) is 0 Å². The molecule has 0 fully saturated rings. The van der Waals surface area contributed by atoms with Crippen molar-refractivity contribution in [3.05, 3.63) is 34.4 Å². The molecular weight excluding hydrogens is 182 g/mol. The fraction of sp³-hybridized carbons (Fsp3) is 0.571. The predicted octanol–water partition coefficient (Wildman–Crippen LogP) is 2.86. The summed E-state index contributed by atoms with van der Waals surface area (Å²) < 4.78 is 0. The molecule has 0 spiro atoms. The standard InChI is InChI=1S/C14H19N/c1-14(2)8-13(15)11-6-9-4-3-5-10(9)7-12(11)14/h6-7,13H,3-5,8,15H2,1-2H3/t13-/m0/s1. The molecule has 2 aliphatic rings. The van der Waals surface area contributed by atoms with E-state index in [-0.39, 0.29) is 11.5 Å². The summed E-state index contributed by atoms with van der Waals surface area (Å²) in [5, 5.41) is 0. The Labute approximate surface area is 91.7 Å². The van der Waals surface area contributed by atoms with Crippen molar-refractivity contribution in [3.63, 3.8) is 0 Å². The second-order valence-electron chi connectivity index (χ2n) is 5.76. The molecule has 0 radical (unpaired) electrons. The Morgan fingerprint density at radius 1 is 1.20 bits per heavy atom. The van der Waals surface area contributed by atoms with Gasteiger partial charge < -0.3 is 5.73 Å². The molecule has 0 amide bonds. The van der Waals surface area contributed by atoms with Crippen molar-refractivity contribution in [2.45, 2.75) is 51.0 Å². The normalized spacial score (nSPS) is 26.5. The first-order chi connectivity index (χ1) is 7.08. The Balaban J connectivity index is 2.20. The Bertz CT molecular complexity index is 418. The van der Waals surface area contributed by atoms with Gasteiger partial charge in [0.15, 0.2) is 0 Å². The monoisotopic (exact) mass is 201 g/mol. The van der Waals surface area contributed by atoms with Crippen molar-refractivity contribution in [2.75, 3.05) is 0 Å². The first-order valence-corrected chi connectivity index (χ1v) is 6.00. The van der Waals surface area contributed by atoms with Gasteiger partial charge in [-0.3, -0.25) is 0 Å². The Morgan fingerprint density at radius 2 is 1.87 bits per heavy atom. The molecular formula is C14H19N. The fourth-order valence-electron chi connectivity index (χ4n) is 3.31. The summed E-state index contributed by atoms with van der Waals surface area (Å²) in [4.78, 5) is 0. The molecule has 1 aromatic rings. The van der Waals surface area contributed by atoms with Crippen LogP contribution >= 0.6 is 0 Å². The molecule has 80 valence electrons. The number of benzene rings is 1. The summed E-state index contributed by atoms with van der Waals surface area (Å²) in [5.74, 6) is 0. The SMILES string of the molecule is CC1(C)C[C@H](N)c2cc3c(cc21)CCC3. The fourth-order valence-corrected chi connectivity index (χ4v) is 3.31. The summed E-state index contributed by atoms with van der Waals surface area (Å²) in [5.41, 5.74) is 12.6. The third-order valence-corrected chi connectivity index (χ3v) is 4.12. The van der Waals surface area contributed by atoms with Gasteiger partial charge in [0.05, 0.1) is 0 Å². The molecule has 1 nitrogen and oxygen atoms in total. The van der Waals surface area contributed by atoms with E-state index in [4.69, 9.17) is 5.73 Å². The highest BCUT2D eigenvalue weighted by Crippen LogP contribution is 2.45. The van der Waals surface area contributed by atoms with E-state index in [1.54, 1.807) is 11.1 Å². The number of hydrogen-bond acceptors (Lipinski definition) is 1. The molecule has 0 bridgehead atoms. The molecule has 0 unspecified atom stereocenters. The summed E-state index contributed by atoms with van der Waals surface area (Å²) in [6.07, 6.45) is 4.96. The number of rotatable bonds is 0. The smallest absolute Gasteiger partial charge is 0.0306 e. The highest BCUT2D eigenvalue weighted by Gasteiger charge is 2.36. The van der Waals surface area contributed by atoms with Gasteiger partial charge in [-0.25, -0.2) is 0 Å². The molecule has 0 aromatic heterocycles. The third kappa shape index (κ3) is 1.26. The van der Waals surface area contributed by atoms with Crippen molar-refractivity contribution >= 4 is 0 Å². The van der Waals surface area contributed by atoms with E-state index in [9.17, 15) is 0 Å². The quantitative estimate of drug-likeness (QED) is 0.686. The third-order valence-electron chi connectivity index (χ3n) is 4.12. The van der Waals surface area contributed by atoms with E-state index in [0.29, 0.717) is 0 Å². The van der Waals surface area contributed by atoms with Gasteiger partial charge in [0.1, 0.15) is 0 Å². The maximum Gasteiger partial charge on any atom is 0.0306 e. The highest BCUT2D eigenvalue weighted by molar-refractivity contribution is 5.48. The lowest BCUT2D eigenvalue weighted by Gasteiger charge is -2.19. The van der Waals surface area contributed by atoms with Gasteiger partial charge in [-0.05, 0) is 53.4 Å². The number of fused-ring (bicyclic) bond motifs is 2. The molecule has 1 atom stereocenters. The lowest BCUT2D eigenvalue weighted by atomic mass is 9.85. The minimum Gasteiger partial charge on any atom is -0.324 e. The van der Waals surface area contributed by atoms with Gasteiger partial charge in [0.2, 0.25) is 0 Å². The van der Waals surface area contributed by atoms with E-state index >= 15 is 0 Å². The summed E-state index contributed by atoms with van der Waals surface area (Å²) in [6, 6.07) is 5.09. The summed E-state index contributed by atoms with van der Waals surface area (Å²) in [7, 11) is 0. The second kappa shape index (κ2) is 2.85. The van der Waals surface area contributed by atoms with Crippen LogP contribution in [0.2, 0.25) is 0 Å². The van der Waals surface area contributed by atoms with Gasteiger partial charge in [-0.15, -0.1) is 0 Å². The molecule has 15 heavy (non-hydrogen) atoms. The van der Waals surface area contributed by atoms with Gasteiger partial charge in [-0.1, -0.05) is 26.0 Å². The largest absolute Gasteiger partial charge is 0.324 e. The van der Waals surface area contributed by atoms with Crippen molar-refractivity contribution in [3.8, 4) is 0 Å². The molecule has 0 heterocycles. The Hall–Kier alpha value is -0.820. The van der Waals surface area contributed by atoms with Crippen LogP contribution in [0, 0.1) is 0 Å². The van der Waals surface area contributed by atoms with Crippen LogP contribution in [0.15, 0.2) is 12.1 Å². The summed E-state index contributed by atoms with van der Waals surface area (Å²) in [6.45, 7) is 4.64. The highest BCUT2D eigenvalue weighted by atomic mass is 14.7. The second-order valence-corrected chi connectivity index (χ2v) is 5.76. The van der Waals surface area contributed by atoms with Crippen LogP contribution in [0.1, 0.15) is 55.0 Å².